The van der Waals surface area contributed by atoms with E-state index in [4.69, 9.17) is 4.74 Å². The fraction of sp³-hybridized carbons (Fsp3) is 0.381. The normalized spacial score (nSPS) is 10.6. The second kappa shape index (κ2) is 9.16. The molecule has 0 aliphatic heterocycles. The summed E-state index contributed by atoms with van der Waals surface area (Å²) in [5, 5.41) is 2.96. The minimum Gasteiger partial charge on any atom is -0.460 e. The molecule has 2 aromatic rings. The molecule has 0 heterocycles. The molecule has 0 radical (unpaired) electrons. The van der Waals surface area contributed by atoms with Crippen LogP contribution in [0.4, 0.5) is 11.4 Å². The van der Waals surface area contributed by atoms with Gasteiger partial charge in [-0.05, 0) is 38.0 Å². The van der Waals surface area contributed by atoms with Gasteiger partial charge in [0, 0.05) is 24.4 Å². The maximum Gasteiger partial charge on any atom is 0.333 e. The van der Waals surface area contributed by atoms with Crippen LogP contribution in [0, 0.1) is 0 Å². The smallest absolute Gasteiger partial charge is 0.333 e. The molecule has 0 amide bonds. The Labute approximate surface area is 159 Å². The first-order valence-electron chi connectivity index (χ1n) is 9.15. The maximum absolute atomic E-state index is 11.9. The van der Waals surface area contributed by atoms with Gasteiger partial charge in [-0.3, -0.25) is 9.59 Å². The number of rotatable bonds is 10. The average Bonchev–Trinajstić information content (AvgIpc) is 2.67. The second-order valence-electron chi connectivity index (χ2n) is 6.39. The highest BCUT2D eigenvalue weighted by Gasteiger charge is 2.21. The molecule has 0 aliphatic carbocycles. The Balaban J connectivity index is 2.12. The first-order chi connectivity index (χ1) is 12.9. The summed E-state index contributed by atoms with van der Waals surface area (Å²) in [6.07, 6.45) is 0.943. The van der Waals surface area contributed by atoms with Crippen LogP contribution in [0.1, 0.15) is 27.2 Å². The largest absolute Gasteiger partial charge is 0.460 e. The molecule has 6 heteroatoms. The zero-order valence-corrected chi connectivity index (χ0v) is 16.1. The Bertz CT molecular complexity index is 877. The number of nitrogens with zero attached hydrogens (tertiary/aromatic N) is 1. The van der Waals surface area contributed by atoms with Crippen molar-refractivity contribution in [2.45, 2.75) is 27.2 Å². The van der Waals surface area contributed by atoms with Crippen LogP contribution in [-0.4, -0.2) is 32.2 Å². The van der Waals surface area contributed by atoms with Gasteiger partial charge in [0.05, 0.1) is 17.8 Å². The monoisotopic (exact) mass is 370 g/mol. The lowest BCUT2D eigenvalue weighted by Crippen LogP contribution is -2.36. The topological polar surface area (TPSA) is 75.7 Å². The van der Waals surface area contributed by atoms with Crippen LogP contribution in [0.2, 0.25) is 0 Å². The molecule has 0 fully saturated rings. The molecule has 0 aliphatic rings. The molecule has 27 heavy (non-hydrogen) atoms. The van der Waals surface area contributed by atoms with Crippen LogP contribution in [0.3, 0.4) is 0 Å². The van der Waals surface area contributed by atoms with Crippen molar-refractivity contribution >= 4 is 17.3 Å². The SMILES string of the molecule is C=C(C)C(=O)OCCN(CCC)c1ccc(-c2c(NCC)c(=O)c2=O)cc1. The van der Waals surface area contributed by atoms with Crippen molar-refractivity contribution in [3.05, 3.63) is 56.9 Å². The Kier molecular flexibility index (Phi) is 6.93. The van der Waals surface area contributed by atoms with Crippen molar-refractivity contribution in [3.63, 3.8) is 0 Å². The van der Waals surface area contributed by atoms with E-state index in [1.54, 1.807) is 6.92 Å². The molecule has 1 N–H and O–H groups in total. The number of ether oxygens (including phenoxy) is 1. The van der Waals surface area contributed by atoms with E-state index in [1.165, 1.54) is 0 Å². The number of esters is 1. The summed E-state index contributed by atoms with van der Waals surface area (Å²) in [5.41, 5.74) is 2.02. The summed E-state index contributed by atoms with van der Waals surface area (Å²) < 4.78 is 5.18. The van der Waals surface area contributed by atoms with Gasteiger partial charge in [0.25, 0.3) is 0 Å². The van der Waals surface area contributed by atoms with Gasteiger partial charge in [0.2, 0.25) is 10.9 Å². The number of anilines is 2. The number of benzene rings is 1. The minimum atomic E-state index is -0.456. The molecule has 0 spiro atoms. The van der Waals surface area contributed by atoms with Crippen molar-refractivity contribution in [1.82, 2.24) is 0 Å². The van der Waals surface area contributed by atoms with Gasteiger partial charge in [-0.15, -0.1) is 0 Å². The van der Waals surface area contributed by atoms with Crippen LogP contribution >= 0.6 is 0 Å². The number of nitrogens with one attached hydrogen (secondary N) is 1. The number of hydrogen-bond acceptors (Lipinski definition) is 6. The Morgan fingerprint density at radius 3 is 2.33 bits per heavy atom. The third kappa shape index (κ3) is 4.64. The van der Waals surface area contributed by atoms with Crippen molar-refractivity contribution < 1.29 is 9.53 Å². The molecule has 144 valence electrons. The number of carbonyl (C=O) groups is 1. The molecule has 0 bridgehead atoms. The average molecular weight is 370 g/mol. The van der Waals surface area contributed by atoms with Crippen molar-refractivity contribution in [1.29, 1.82) is 0 Å². The van der Waals surface area contributed by atoms with Crippen LogP contribution in [0.15, 0.2) is 46.0 Å². The fourth-order valence-corrected chi connectivity index (χ4v) is 2.86. The summed E-state index contributed by atoms with van der Waals surface area (Å²) in [4.78, 5) is 37.2. The fourth-order valence-electron chi connectivity index (χ4n) is 2.86. The van der Waals surface area contributed by atoms with E-state index >= 15 is 0 Å². The zero-order valence-electron chi connectivity index (χ0n) is 16.1. The number of carbonyl (C=O) groups excluding carboxylic acids is 1. The van der Waals surface area contributed by atoms with E-state index in [0.717, 1.165) is 24.2 Å². The highest BCUT2D eigenvalue weighted by atomic mass is 16.5. The van der Waals surface area contributed by atoms with Gasteiger partial charge in [0.1, 0.15) is 6.61 Å². The van der Waals surface area contributed by atoms with Gasteiger partial charge in [-0.25, -0.2) is 4.79 Å². The third-order valence-corrected chi connectivity index (χ3v) is 4.22. The van der Waals surface area contributed by atoms with Crippen molar-refractivity contribution in [2.24, 2.45) is 0 Å². The quantitative estimate of drug-likeness (QED) is 0.394. The molecule has 0 atom stereocenters. The van der Waals surface area contributed by atoms with Gasteiger partial charge in [-0.1, -0.05) is 25.6 Å². The van der Waals surface area contributed by atoms with E-state index in [0.29, 0.717) is 29.9 Å². The van der Waals surface area contributed by atoms with Gasteiger partial charge < -0.3 is 15.0 Å². The molecule has 0 saturated carbocycles. The predicted molar refractivity (Wildman–Crippen MR) is 109 cm³/mol. The first kappa shape index (κ1) is 20.4. The maximum atomic E-state index is 11.9. The molecule has 0 saturated heterocycles. The number of hydrogen-bond donors (Lipinski definition) is 1. The molecule has 2 aromatic carbocycles. The van der Waals surface area contributed by atoms with Crippen LogP contribution < -0.4 is 21.1 Å². The molecular formula is C21H26N2O4. The summed E-state index contributed by atoms with van der Waals surface area (Å²) in [5.74, 6) is -0.391. The summed E-state index contributed by atoms with van der Waals surface area (Å²) >= 11 is 0. The minimum absolute atomic E-state index is 0.274. The van der Waals surface area contributed by atoms with Gasteiger partial charge in [0.15, 0.2) is 0 Å². The molecule has 6 nitrogen and oxygen atoms in total. The predicted octanol–water partition coefficient (Wildman–Crippen LogP) is 2.72. The van der Waals surface area contributed by atoms with E-state index < -0.39 is 16.8 Å². The van der Waals surface area contributed by atoms with Crippen LogP contribution in [0.5, 0.6) is 0 Å². The lowest BCUT2D eigenvalue weighted by molar-refractivity contribution is -0.138. The Morgan fingerprint density at radius 1 is 1.11 bits per heavy atom. The lowest BCUT2D eigenvalue weighted by atomic mass is 9.98. The molecule has 0 aromatic heterocycles. The van der Waals surface area contributed by atoms with Crippen LogP contribution in [-0.2, 0) is 9.53 Å². The standard InChI is InChI=1S/C21H26N2O4/c1-5-11-23(12-13-27-21(26)14(3)4)16-9-7-15(8-10-16)17-18(22-6-2)20(25)19(17)24/h7-10,22H,3,5-6,11-13H2,1-2,4H3. The lowest BCUT2D eigenvalue weighted by Gasteiger charge is -2.24. The van der Waals surface area contributed by atoms with Crippen molar-refractivity contribution in [2.75, 3.05) is 36.5 Å². The van der Waals surface area contributed by atoms with E-state index in [-0.39, 0.29) is 6.61 Å². The highest BCUT2D eigenvalue weighted by molar-refractivity contribution is 5.87. The summed E-state index contributed by atoms with van der Waals surface area (Å²) in [6.45, 7) is 11.4. The molecule has 0 unspecified atom stereocenters. The van der Waals surface area contributed by atoms with Gasteiger partial charge in [-0.2, -0.15) is 0 Å². The van der Waals surface area contributed by atoms with E-state index in [2.05, 4.69) is 23.7 Å². The van der Waals surface area contributed by atoms with Crippen LogP contribution in [0.25, 0.3) is 11.1 Å². The summed E-state index contributed by atoms with van der Waals surface area (Å²) in [6, 6.07) is 7.51. The van der Waals surface area contributed by atoms with E-state index in [9.17, 15) is 14.4 Å². The second-order valence-corrected chi connectivity index (χ2v) is 6.39. The highest BCUT2D eigenvalue weighted by Crippen LogP contribution is 2.26. The van der Waals surface area contributed by atoms with Gasteiger partial charge >= 0.3 is 5.97 Å². The van der Waals surface area contributed by atoms with Crippen molar-refractivity contribution in [3.8, 4) is 11.1 Å². The van der Waals surface area contributed by atoms with E-state index in [1.807, 2.05) is 31.2 Å². The zero-order chi connectivity index (χ0) is 20.0. The summed E-state index contributed by atoms with van der Waals surface area (Å²) in [7, 11) is 0. The third-order valence-electron chi connectivity index (χ3n) is 4.22. The first-order valence-corrected chi connectivity index (χ1v) is 9.15. The molecule has 2 rings (SSSR count). The molecular weight excluding hydrogens is 344 g/mol. The Hall–Kier alpha value is -2.89. The Morgan fingerprint density at radius 2 is 1.78 bits per heavy atom.